The molecule has 0 radical (unpaired) electrons. The Morgan fingerprint density at radius 1 is 1.75 bits per heavy atom. The van der Waals surface area contributed by atoms with Gasteiger partial charge in [-0.15, -0.1) is 0 Å². The van der Waals surface area contributed by atoms with Crippen molar-refractivity contribution in [2.24, 2.45) is 7.05 Å². The Morgan fingerprint density at radius 3 is 3.00 bits per heavy atom. The van der Waals surface area contributed by atoms with Gasteiger partial charge in [0.1, 0.15) is 0 Å². The van der Waals surface area contributed by atoms with Crippen LogP contribution in [0.2, 0.25) is 0 Å². The van der Waals surface area contributed by atoms with Crippen molar-refractivity contribution in [2.75, 3.05) is 17.3 Å². The van der Waals surface area contributed by atoms with E-state index in [1.54, 1.807) is 6.20 Å². The first-order valence-corrected chi connectivity index (χ1v) is 5.36. The minimum absolute atomic E-state index is 0.473. The normalized spacial score (nSPS) is 12.9. The molecule has 0 aliphatic rings. The van der Waals surface area contributed by atoms with Gasteiger partial charge in [0.05, 0.1) is 0 Å². The molecule has 4 heteroatoms. The molecule has 1 N–H and O–H groups in total. The van der Waals surface area contributed by atoms with Crippen LogP contribution in [-0.2, 0) is 7.05 Å². The molecule has 1 atom stereocenters. The van der Waals surface area contributed by atoms with Crippen LogP contribution in [0.1, 0.15) is 6.92 Å². The third-order valence-corrected chi connectivity index (χ3v) is 2.45. The molecule has 0 fully saturated rings. The summed E-state index contributed by atoms with van der Waals surface area (Å²) in [6.45, 7) is 2.16. The molecule has 0 amide bonds. The Morgan fingerprint density at radius 2 is 2.50 bits per heavy atom. The Kier molecular flexibility index (Phi) is 3.47. The Hall–Kier alpha value is -0.640. The first-order valence-electron chi connectivity index (χ1n) is 3.97. The van der Waals surface area contributed by atoms with Gasteiger partial charge in [-0.3, -0.25) is 0 Å². The predicted molar refractivity (Wildman–Crippen MR) is 54.7 cm³/mol. The topological polar surface area (TPSA) is 29.9 Å². The molecule has 1 heterocycles. The van der Waals surface area contributed by atoms with Crippen LogP contribution in [0.15, 0.2) is 12.4 Å². The summed E-state index contributed by atoms with van der Waals surface area (Å²) in [5.41, 5.74) is 0. The van der Waals surface area contributed by atoms with Gasteiger partial charge in [0, 0.05) is 31.2 Å². The average molecular weight is 185 g/mol. The van der Waals surface area contributed by atoms with Gasteiger partial charge < -0.3 is 9.88 Å². The molecule has 3 nitrogen and oxygen atoms in total. The lowest BCUT2D eigenvalue weighted by Gasteiger charge is -2.12. The van der Waals surface area contributed by atoms with Crippen molar-refractivity contribution >= 4 is 17.7 Å². The SMILES string of the molecule is CSCC(C)Nc1nccn1C. The van der Waals surface area contributed by atoms with E-state index in [-0.39, 0.29) is 0 Å². The van der Waals surface area contributed by atoms with E-state index < -0.39 is 0 Å². The first kappa shape index (κ1) is 9.45. The maximum atomic E-state index is 4.18. The van der Waals surface area contributed by atoms with E-state index in [1.165, 1.54) is 0 Å². The number of hydrogen-bond acceptors (Lipinski definition) is 3. The number of nitrogens with one attached hydrogen (secondary N) is 1. The van der Waals surface area contributed by atoms with Crippen molar-refractivity contribution < 1.29 is 0 Å². The number of anilines is 1. The summed E-state index contributed by atoms with van der Waals surface area (Å²) >= 11 is 1.84. The summed E-state index contributed by atoms with van der Waals surface area (Å²) in [7, 11) is 1.99. The third-order valence-electron chi connectivity index (χ3n) is 1.61. The third kappa shape index (κ3) is 2.44. The van der Waals surface area contributed by atoms with Crippen LogP contribution in [-0.4, -0.2) is 27.6 Å². The van der Waals surface area contributed by atoms with Crippen LogP contribution >= 0.6 is 11.8 Å². The molecule has 68 valence electrons. The zero-order valence-electron chi connectivity index (χ0n) is 7.74. The second kappa shape index (κ2) is 4.40. The standard InChI is InChI=1S/C8H15N3S/c1-7(6-12-3)10-8-9-4-5-11(8)2/h4-5,7H,6H2,1-3H3,(H,9,10). The molecule has 1 rings (SSSR count). The number of hydrogen-bond donors (Lipinski definition) is 1. The number of aromatic nitrogens is 2. The molecule has 0 saturated carbocycles. The molecule has 1 aromatic rings. The van der Waals surface area contributed by atoms with E-state index in [1.807, 2.05) is 29.6 Å². The lowest BCUT2D eigenvalue weighted by Crippen LogP contribution is -2.19. The average Bonchev–Trinajstić information content (AvgIpc) is 2.37. The fourth-order valence-electron chi connectivity index (χ4n) is 1.02. The van der Waals surface area contributed by atoms with E-state index in [4.69, 9.17) is 0 Å². The highest BCUT2D eigenvalue weighted by atomic mass is 32.2. The monoisotopic (exact) mass is 185 g/mol. The molecule has 0 aromatic carbocycles. The second-order valence-electron chi connectivity index (χ2n) is 2.86. The molecule has 0 aliphatic heterocycles. The minimum atomic E-state index is 0.473. The van der Waals surface area contributed by atoms with Gasteiger partial charge in [-0.25, -0.2) is 4.98 Å². The smallest absolute Gasteiger partial charge is 0.202 e. The summed E-state index contributed by atoms with van der Waals surface area (Å²) < 4.78 is 1.98. The van der Waals surface area contributed by atoms with Crippen molar-refractivity contribution in [3.8, 4) is 0 Å². The van der Waals surface area contributed by atoms with Crippen molar-refractivity contribution in [1.29, 1.82) is 0 Å². The summed E-state index contributed by atoms with van der Waals surface area (Å²) in [5.74, 6) is 2.05. The quantitative estimate of drug-likeness (QED) is 0.772. The molecule has 0 bridgehead atoms. The zero-order valence-corrected chi connectivity index (χ0v) is 8.56. The van der Waals surface area contributed by atoms with Crippen LogP contribution in [0, 0.1) is 0 Å². The predicted octanol–water partition coefficient (Wildman–Crippen LogP) is 1.58. The lowest BCUT2D eigenvalue weighted by atomic mass is 10.4. The maximum Gasteiger partial charge on any atom is 0.202 e. The molecule has 1 unspecified atom stereocenters. The summed E-state index contributed by atoms with van der Waals surface area (Å²) in [5, 5.41) is 3.32. The fourth-order valence-corrected chi connectivity index (χ4v) is 1.60. The maximum absolute atomic E-state index is 4.18. The summed E-state index contributed by atoms with van der Waals surface area (Å²) in [4.78, 5) is 4.18. The van der Waals surface area contributed by atoms with Gasteiger partial charge in [-0.1, -0.05) is 0 Å². The van der Waals surface area contributed by atoms with Crippen molar-refractivity contribution in [1.82, 2.24) is 9.55 Å². The molecule has 0 saturated heterocycles. The summed E-state index contributed by atoms with van der Waals surface area (Å²) in [6, 6.07) is 0.473. The van der Waals surface area contributed by atoms with Crippen molar-refractivity contribution in [3.63, 3.8) is 0 Å². The number of imidazole rings is 1. The number of rotatable bonds is 4. The van der Waals surface area contributed by atoms with E-state index in [9.17, 15) is 0 Å². The van der Waals surface area contributed by atoms with Crippen LogP contribution in [0.4, 0.5) is 5.95 Å². The number of thioether (sulfide) groups is 1. The van der Waals surface area contributed by atoms with Gasteiger partial charge in [-0.2, -0.15) is 11.8 Å². The lowest BCUT2D eigenvalue weighted by molar-refractivity contribution is 0.840. The van der Waals surface area contributed by atoms with Gasteiger partial charge >= 0.3 is 0 Å². The molecule has 0 aliphatic carbocycles. The molecular weight excluding hydrogens is 170 g/mol. The molecular formula is C8H15N3S. The Labute approximate surface area is 77.6 Å². The second-order valence-corrected chi connectivity index (χ2v) is 3.77. The first-order chi connectivity index (χ1) is 5.74. The van der Waals surface area contributed by atoms with Gasteiger partial charge in [0.15, 0.2) is 0 Å². The van der Waals surface area contributed by atoms with Gasteiger partial charge in [0.2, 0.25) is 5.95 Å². The van der Waals surface area contributed by atoms with Crippen LogP contribution in [0.25, 0.3) is 0 Å². The number of aryl methyl sites for hydroxylation is 1. The number of nitrogens with zero attached hydrogens (tertiary/aromatic N) is 2. The summed E-state index contributed by atoms with van der Waals surface area (Å²) in [6.07, 6.45) is 5.85. The van der Waals surface area contributed by atoms with Gasteiger partial charge in [0.25, 0.3) is 0 Å². The molecule has 12 heavy (non-hydrogen) atoms. The largest absolute Gasteiger partial charge is 0.352 e. The van der Waals surface area contributed by atoms with E-state index in [0.29, 0.717) is 6.04 Å². The van der Waals surface area contributed by atoms with Crippen LogP contribution in [0.3, 0.4) is 0 Å². The minimum Gasteiger partial charge on any atom is -0.352 e. The Balaban J connectivity index is 2.46. The zero-order chi connectivity index (χ0) is 8.97. The van der Waals surface area contributed by atoms with Gasteiger partial charge in [-0.05, 0) is 13.2 Å². The highest BCUT2D eigenvalue weighted by Crippen LogP contribution is 2.05. The van der Waals surface area contributed by atoms with Crippen molar-refractivity contribution in [2.45, 2.75) is 13.0 Å². The van der Waals surface area contributed by atoms with Crippen LogP contribution in [0.5, 0.6) is 0 Å². The molecule has 0 spiro atoms. The van der Waals surface area contributed by atoms with E-state index >= 15 is 0 Å². The van der Waals surface area contributed by atoms with Crippen LogP contribution < -0.4 is 5.32 Å². The highest BCUT2D eigenvalue weighted by molar-refractivity contribution is 7.98. The Bertz CT molecular complexity index is 234. The molecule has 1 aromatic heterocycles. The van der Waals surface area contributed by atoms with E-state index in [2.05, 4.69) is 23.5 Å². The van der Waals surface area contributed by atoms with E-state index in [0.717, 1.165) is 11.7 Å². The van der Waals surface area contributed by atoms with Crippen molar-refractivity contribution in [3.05, 3.63) is 12.4 Å². The highest BCUT2D eigenvalue weighted by Gasteiger charge is 2.03. The fraction of sp³-hybridized carbons (Fsp3) is 0.625.